The number of benzene rings is 1. The molecule has 0 saturated heterocycles. The Morgan fingerprint density at radius 3 is 2.24 bits per heavy atom. The van der Waals surface area contributed by atoms with Crippen molar-refractivity contribution in [2.24, 2.45) is 11.8 Å². The predicted molar refractivity (Wildman–Crippen MR) is 87.1 cm³/mol. The lowest BCUT2D eigenvalue weighted by Crippen LogP contribution is -2.37. The number of hydrogen-bond acceptors (Lipinski definition) is 2. The summed E-state index contributed by atoms with van der Waals surface area (Å²) in [4.78, 5) is 22.8. The zero-order valence-electron chi connectivity index (χ0n) is 11.4. The summed E-state index contributed by atoms with van der Waals surface area (Å²) in [6.45, 7) is 3.58. The molecular weight excluding hydrogens is 383 g/mol. The number of amides is 2. The highest BCUT2D eigenvalue weighted by Crippen LogP contribution is 2.33. The van der Waals surface area contributed by atoms with Crippen LogP contribution in [-0.4, -0.2) is 23.7 Å². The van der Waals surface area contributed by atoms with Gasteiger partial charge in [-0.15, -0.1) is 0 Å². The van der Waals surface area contributed by atoms with Gasteiger partial charge in [0.1, 0.15) is 0 Å². The number of carboxylic acids is 1. The van der Waals surface area contributed by atoms with Crippen molar-refractivity contribution in [1.29, 1.82) is 0 Å². The van der Waals surface area contributed by atoms with Crippen LogP contribution in [0.5, 0.6) is 0 Å². The predicted octanol–water partition coefficient (Wildman–Crippen LogP) is 4.23. The highest BCUT2D eigenvalue weighted by atomic mass is 79.9. The SMILES string of the molecule is CC(C)C(CNC(=O)Nc1c(Cl)cc(Br)cc1Cl)C(=O)O. The molecule has 0 aromatic heterocycles. The van der Waals surface area contributed by atoms with E-state index in [4.69, 9.17) is 28.3 Å². The van der Waals surface area contributed by atoms with Crippen molar-refractivity contribution in [1.82, 2.24) is 5.32 Å². The van der Waals surface area contributed by atoms with E-state index < -0.39 is 17.9 Å². The molecule has 0 spiro atoms. The topological polar surface area (TPSA) is 78.4 Å². The third-order valence-corrected chi connectivity index (χ3v) is 3.90. The van der Waals surface area contributed by atoms with Crippen LogP contribution in [0.3, 0.4) is 0 Å². The minimum absolute atomic E-state index is 0.0185. The normalized spacial score (nSPS) is 12.1. The van der Waals surface area contributed by atoms with Gasteiger partial charge in [0.15, 0.2) is 0 Å². The molecular formula is C13H15BrCl2N2O3. The Morgan fingerprint density at radius 2 is 1.81 bits per heavy atom. The van der Waals surface area contributed by atoms with Crippen LogP contribution in [0.4, 0.5) is 10.5 Å². The number of anilines is 1. The van der Waals surface area contributed by atoms with Crippen LogP contribution in [0.25, 0.3) is 0 Å². The van der Waals surface area contributed by atoms with Crippen LogP contribution in [0, 0.1) is 11.8 Å². The smallest absolute Gasteiger partial charge is 0.319 e. The van der Waals surface area contributed by atoms with Gasteiger partial charge < -0.3 is 15.7 Å². The van der Waals surface area contributed by atoms with E-state index in [2.05, 4.69) is 26.6 Å². The highest BCUT2D eigenvalue weighted by Gasteiger charge is 2.22. The lowest BCUT2D eigenvalue weighted by molar-refractivity contribution is -0.142. The van der Waals surface area contributed by atoms with Crippen molar-refractivity contribution in [2.75, 3.05) is 11.9 Å². The van der Waals surface area contributed by atoms with Gasteiger partial charge in [-0.3, -0.25) is 4.79 Å². The molecule has 0 bridgehead atoms. The maximum absolute atomic E-state index is 11.8. The molecule has 1 atom stereocenters. The summed E-state index contributed by atoms with van der Waals surface area (Å²) < 4.78 is 0.689. The molecule has 0 heterocycles. The maximum Gasteiger partial charge on any atom is 0.319 e. The molecule has 1 aromatic rings. The highest BCUT2D eigenvalue weighted by molar-refractivity contribution is 9.10. The summed E-state index contributed by atoms with van der Waals surface area (Å²) in [7, 11) is 0. The lowest BCUT2D eigenvalue weighted by atomic mass is 9.96. The third-order valence-electron chi connectivity index (χ3n) is 2.85. The van der Waals surface area contributed by atoms with Gasteiger partial charge in [-0.1, -0.05) is 53.0 Å². The summed E-state index contributed by atoms with van der Waals surface area (Å²) in [5, 5.41) is 14.6. The van der Waals surface area contributed by atoms with Gasteiger partial charge in [0.25, 0.3) is 0 Å². The van der Waals surface area contributed by atoms with Crippen LogP contribution in [0.1, 0.15) is 13.8 Å². The molecule has 0 radical (unpaired) electrons. The van der Waals surface area contributed by atoms with Crippen LogP contribution >= 0.6 is 39.1 Å². The fraction of sp³-hybridized carbons (Fsp3) is 0.385. The number of urea groups is 1. The average Bonchev–Trinajstić information content (AvgIpc) is 2.33. The van der Waals surface area contributed by atoms with E-state index in [0.29, 0.717) is 4.47 Å². The van der Waals surface area contributed by atoms with E-state index >= 15 is 0 Å². The van der Waals surface area contributed by atoms with Crippen LogP contribution in [0.2, 0.25) is 10.0 Å². The number of carbonyl (C=O) groups excluding carboxylic acids is 1. The first kappa shape index (κ1) is 18.1. The van der Waals surface area contributed by atoms with E-state index in [1.807, 2.05) is 0 Å². The number of nitrogens with one attached hydrogen (secondary N) is 2. The first-order valence-electron chi connectivity index (χ1n) is 6.14. The zero-order valence-corrected chi connectivity index (χ0v) is 14.5. The van der Waals surface area contributed by atoms with E-state index in [1.165, 1.54) is 0 Å². The molecule has 3 N–H and O–H groups in total. The summed E-state index contributed by atoms with van der Waals surface area (Å²) in [5.41, 5.74) is 0.274. The molecule has 0 fully saturated rings. The van der Waals surface area contributed by atoms with Gasteiger partial charge in [-0.05, 0) is 18.1 Å². The molecule has 8 heteroatoms. The number of rotatable bonds is 5. The second kappa shape index (κ2) is 7.87. The van der Waals surface area contributed by atoms with E-state index in [1.54, 1.807) is 26.0 Å². The minimum atomic E-state index is -0.954. The van der Waals surface area contributed by atoms with E-state index in [9.17, 15) is 9.59 Å². The summed E-state index contributed by atoms with van der Waals surface area (Å²) in [6, 6.07) is 2.63. The average molecular weight is 398 g/mol. The van der Waals surface area contributed by atoms with Gasteiger partial charge >= 0.3 is 12.0 Å². The molecule has 21 heavy (non-hydrogen) atoms. The molecule has 116 valence electrons. The molecule has 0 aliphatic heterocycles. The fourth-order valence-electron chi connectivity index (χ4n) is 1.63. The largest absolute Gasteiger partial charge is 0.481 e. The zero-order chi connectivity index (χ0) is 16.2. The summed E-state index contributed by atoms with van der Waals surface area (Å²) in [5.74, 6) is -1.71. The van der Waals surface area contributed by atoms with Crippen molar-refractivity contribution >= 4 is 56.8 Å². The lowest BCUT2D eigenvalue weighted by Gasteiger charge is -2.17. The van der Waals surface area contributed by atoms with Crippen molar-refractivity contribution in [3.05, 3.63) is 26.7 Å². The van der Waals surface area contributed by atoms with Crippen molar-refractivity contribution in [3.8, 4) is 0 Å². The second-order valence-corrected chi connectivity index (χ2v) is 6.50. The number of carbonyl (C=O) groups is 2. The molecule has 0 aliphatic rings. The Hall–Kier alpha value is -0.980. The van der Waals surface area contributed by atoms with Crippen LogP contribution < -0.4 is 10.6 Å². The number of aliphatic carboxylic acids is 1. The Kier molecular flexibility index (Phi) is 6.77. The molecule has 0 saturated carbocycles. The number of halogens is 3. The Morgan fingerprint density at radius 1 is 1.29 bits per heavy atom. The quantitative estimate of drug-likeness (QED) is 0.695. The van der Waals surface area contributed by atoms with Gasteiger partial charge in [0, 0.05) is 11.0 Å². The first-order valence-corrected chi connectivity index (χ1v) is 7.69. The Bertz CT molecular complexity index is 529. The van der Waals surface area contributed by atoms with Gasteiger partial charge in [-0.2, -0.15) is 0 Å². The van der Waals surface area contributed by atoms with Crippen molar-refractivity contribution < 1.29 is 14.7 Å². The molecule has 0 aliphatic carbocycles. The van der Waals surface area contributed by atoms with Crippen LogP contribution in [-0.2, 0) is 4.79 Å². The number of hydrogen-bond donors (Lipinski definition) is 3. The standard InChI is InChI=1S/C13H15BrCl2N2O3/c1-6(2)8(12(19)20)5-17-13(21)18-11-9(15)3-7(14)4-10(11)16/h3-4,6,8H,5H2,1-2H3,(H,19,20)(H2,17,18,21). The Balaban J connectivity index is 2.69. The number of carboxylic acid groups (broad SMARTS) is 1. The van der Waals surface area contributed by atoms with E-state index in [0.717, 1.165) is 0 Å². The van der Waals surface area contributed by atoms with Crippen LogP contribution in [0.15, 0.2) is 16.6 Å². The monoisotopic (exact) mass is 396 g/mol. The molecule has 1 aromatic carbocycles. The third kappa shape index (κ3) is 5.37. The molecule has 1 rings (SSSR count). The van der Waals surface area contributed by atoms with Gasteiger partial charge in [0.05, 0.1) is 21.7 Å². The minimum Gasteiger partial charge on any atom is -0.481 e. The van der Waals surface area contributed by atoms with Gasteiger partial charge in [-0.25, -0.2) is 4.79 Å². The molecule has 1 unspecified atom stereocenters. The van der Waals surface area contributed by atoms with Crippen molar-refractivity contribution in [3.63, 3.8) is 0 Å². The van der Waals surface area contributed by atoms with Crippen molar-refractivity contribution in [2.45, 2.75) is 13.8 Å². The van der Waals surface area contributed by atoms with Gasteiger partial charge in [0.2, 0.25) is 0 Å². The molecule has 5 nitrogen and oxygen atoms in total. The fourth-order valence-corrected chi connectivity index (χ4v) is 2.93. The summed E-state index contributed by atoms with van der Waals surface area (Å²) >= 11 is 15.2. The van der Waals surface area contributed by atoms with E-state index in [-0.39, 0.29) is 28.2 Å². The molecule has 2 amide bonds. The second-order valence-electron chi connectivity index (χ2n) is 4.77. The Labute approximate surface area is 141 Å². The maximum atomic E-state index is 11.8. The first-order chi connectivity index (χ1) is 9.72. The summed E-state index contributed by atoms with van der Waals surface area (Å²) in [6.07, 6.45) is 0.